The lowest BCUT2D eigenvalue weighted by atomic mass is 10.0. The summed E-state index contributed by atoms with van der Waals surface area (Å²) >= 11 is 0. The number of carbonyl (C=O) groups excluding carboxylic acids is 5. The Morgan fingerprint density at radius 2 is 1.35 bits per heavy atom. The van der Waals surface area contributed by atoms with Crippen LogP contribution in [0.5, 0.6) is 5.75 Å². The molecule has 0 fully saturated rings. The number of aromatic amines is 1. The second kappa shape index (κ2) is 20.4. The van der Waals surface area contributed by atoms with Gasteiger partial charge in [0.1, 0.15) is 35.1 Å². The number of amides is 5. The van der Waals surface area contributed by atoms with Gasteiger partial charge in [-0.3, -0.25) is 19.2 Å². The first kappa shape index (κ1) is 45.2. The summed E-state index contributed by atoms with van der Waals surface area (Å²) in [5.74, 6) is -1.39. The molecule has 4 aromatic rings. The molecule has 60 heavy (non-hydrogen) atoms. The van der Waals surface area contributed by atoms with E-state index in [0.29, 0.717) is 31.4 Å². The van der Waals surface area contributed by atoms with E-state index in [2.05, 4.69) is 43.7 Å². The van der Waals surface area contributed by atoms with E-state index in [1.165, 1.54) is 11.1 Å². The van der Waals surface area contributed by atoms with E-state index in [1.54, 1.807) is 32.9 Å². The molecular formula is C46H61N7O7. The lowest BCUT2D eigenvalue weighted by molar-refractivity contribution is -0.133. The van der Waals surface area contributed by atoms with Crippen LogP contribution >= 0.6 is 0 Å². The number of fused-ring (bicyclic) bond motifs is 2. The summed E-state index contributed by atoms with van der Waals surface area (Å²) < 4.78 is 11.3. The lowest BCUT2D eigenvalue weighted by Gasteiger charge is -2.26. The van der Waals surface area contributed by atoms with Crippen molar-refractivity contribution in [3.05, 3.63) is 101 Å². The predicted octanol–water partition coefficient (Wildman–Crippen LogP) is 4.52. The van der Waals surface area contributed by atoms with Gasteiger partial charge in [0, 0.05) is 42.5 Å². The van der Waals surface area contributed by atoms with Gasteiger partial charge in [-0.1, -0.05) is 54.6 Å². The molecule has 0 saturated heterocycles. The predicted molar refractivity (Wildman–Crippen MR) is 231 cm³/mol. The average Bonchev–Trinajstić information content (AvgIpc) is 3.79. The highest BCUT2D eigenvalue weighted by Crippen LogP contribution is 2.24. The highest BCUT2D eigenvalue weighted by molar-refractivity contribution is 5.95. The number of hydrogen-bond acceptors (Lipinski definition) is 8. The maximum atomic E-state index is 14.4. The highest BCUT2D eigenvalue weighted by Gasteiger charge is 2.32. The number of nitrogens with one attached hydrogen (secondary N) is 6. The molecule has 3 aromatic carbocycles. The zero-order chi connectivity index (χ0) is 43.5. The smallest absolute Gasteiger partial charge is 0.407 e. The van der Waals surface area contributed by atoms with E-state index >= 15 is 0 Å². The van der Waals surface area contributed by atoms with Crippen LogP contribution in [0.1, 0.15) is 83.1 Å². The number of alkyl carbamates (subject to hydrolysis) is 1. The van der Waals surface area contributed by atoms with E-state index in [4.69, 9.17) is 15.2 Å². The lowest BCUT2D eigenvalue weighted by Crippen LogP contribution is -2.58. The Kier molecular flexibility index (Phi) is 15.4. The molecule has 1 heterocycles. The van der Waals surface area contributed by atoms with Crippen molar-refractivity contribution in [2.45, 2.75) is 122 Å². The third kappa shape index (κ3) is 13.9. The standard InChI is InChI=1S/C46H61N7O7/c1-45(2,3)59-34-20-18-29(19-21-34)23-38(51-40(54)27-47)43(57)52-37(17-11-12-22-48-44(58)60-46(4,5)6)41(55)53-39(26-32-28-49-36-16-10-9-15-35(32)36)42(56)50-33-24-30-13-7-8-14-31(30)25-33/h7-10,13-16,18-21,28,33,37-39,49H,11-12,17,22-27,47H2,1-6H3,(H,48,58)(H,50,56)(H,51,54)(H,52,57)(H,53,55)/t37-,38-,39-/m0/s1. The van der Waals surface area contributed by atoms with Gasteiger partial charge in [0.15, 0.2) is 0 Å². The molecule has 1 aliphatic carbocycles. The van der Waals surface area contributed by atoms with Crippen LogP contribution in [0.15, 0.2) is 79.0 Å². The van der Waals surface area contributed by atoms with Gasteiger partial charge >= 0.3 is 6.09 Å². The van der Waals surface area contributed by atoms with Crippen molar-refractivity contribution in [2.75, 3.05) is 13.1 Å². The molecule has 0 saturated carbocycles. The molecule has 0 radical (unpaired) electrons. The Hall–Kier alpha value is -5.89. The fourth-order valence-corrected chi connectivity index (χ4v) is 7.23. The largest absolute Gasteiger partial charge is 0.488 e. The third-order valence-corrected chi connectivity index (χ3v) is 9.97. The van der Waals surface area contributed by atoms with Crippen molar-refractivity contribution in [3.63, 3.8) is 0 Å². The van der Waals surface area contributed by atoms with Crippen LogP contribution in [0.2, 0.25) is 0 Å². The minimum absolute atomic E-state index is 0.108. The van der Waals surface area contributed by atoms with Crippen LogP contribution in [-0.2, 0) is 49.6 Å². The van der Waals surface area contributed by atoms with Gasteiger partial charge in [0.25, 0.3) is 0 Å². The molecule has 5 rings (SSSR count). The molecule has 322 valence electrons. The monoisotopic (exact) mass is 823 g/mol. The highest BCUT2D eigenvalue weighted by atomic mass is 16.6. The van der Waals surface area contributed by atoms with Crippen molar-refractivity contribution in [1.82, 2.24) is 31.6 Å². The van der Waals surface area contributed by atoms with Gasteiger partial charge in [-0.05, 0) is 114 Å². The van der Waals surface area contributed by atoms with Crippen LogP contribution in [0.3, 0.4) is 0 Å². The SMILES string of the molecule is CC(C)(C)OC(=O)NCCCC[C@H](NC(=O)[C@H](Cc1ccc(OC(C)(C)C)cc1)NC(=O)CN)C(=O)N[C@@H](Cc1c[nH]c2ccccc12)C(=O)NC1Cc2ccccc2C1. The van der Waals surface area contributed by atoms with E-state index in [1.807, 2.05) is 75.5 Å². The molecule has 0 aliphatic heterocycles. The Morgan fingerprint density at radius 3 is 2.00 bits per heavy atom. The molecule has 5 amide bonds. The molecule has 0 unspecified atom stereocenters. The van der Waals surface area contributed by atoms with Crippen molar-refractivity contribution >= 4 is 40.6 Å². The van der Waals surface area contributed by atoms with Crippen LogP contribution in [0.25, 0.3) is 10.9 Å². The van der Waals surface area contributed by atoms with Crippen LogP contribution in [0, 0.1) is 0 Å². The maximum Gasteiger partial charge on any atom is 0.407 e. The van der Waals surface area contributed by atoms with E-state index < -0.39 is 53.1 Å². The summed E-state index contributed by atoms with van der Waals surface area (Å²) in [4.78, 5) is 70.8. The van der Waals surface area contributed by atoms with Gasteiger partial charge in [-0.25, -0.2) is 4.79 Å². The summed E-state index contributed by atoms with van der Waals surface area (Å²) in [5.41, 5.74) is 9.42. The van der Waals surface area contributed by atoms with Gasteiger partial charge in [-0.2, -0.15) is 0 Å². The Morgan fingerprint density at radius 1 is 0.733 bits per heavy atom. The van der Waals surface area contributed by atoms with E-state index in [0.717, 1.165) is 22.0 Å². The molecule has 0 bridgehead atoms. The number of nitrogens with two attached hydrogens (primary N) is 1. The molecular weight excluding hydrogens is 763 g/mol. The molecule has 1 aliphatic rings. The number of H-pyrrole nitrogens is 1. The normalized spacial score (nSPS) is 14.3. The van der Waals surface area contributed by atoms with Crippen molar-refractivity contribution in [2.24, 2.45) is 5.73 Å². The number of hydrogen-bond donors (Lipinski definition) is 7. The zero-order valence-electron chi connectivity index (χ0n) is 35.6. The quantitative estimate of drug-likeness (QED) is 0.0709. The molecule has 0 spiro atoms. The van der Waals surface area contributed by atoms with Gasteiger partial charge < -0.3 is 46.8 Å². The van der Waals surface area contributed by atoms with Crippen LogP contribution < -0.4 is 37.1 Å². The van der Waals surface area contributed by atoms with Crippen molar-refractivity contribution < 1.29 is 33.4 Å². The van der Waals surface area contributed by atoms with Crippen molar-refractivity contribution in [1.29, 1.82) is 0 Å². The number of para-hydroxylation sites is 1. The number of rotatable bonds is 18. The van der Waals surface area contributed by atoms with E-state index in [-0.39, 0.29) is 44.3 Å². The molecule has 14 nitrogen and oxygen atoms in total. The second-order valence-electron chi connectivity index (χ2n) is 17.4. The maximum absolute atomic E-state index is 14.4. The number of carbonyl (C=O) groups is 5. The molecule has 1 aromatic heterocycles. The molecule has 3 atom stereocenters. The summed E-state index contributed by atoms with van der Waals surface area (Å²) in [6.45, 7) is 11.1. The minimum Gasteiger partial charge on any atom is -0.488 e. The van der Waals surface area contributed by atoms with Crippen LogP contribution in [0.4, 0.5) is 4.79 Å². The topological polar surface area (TPSA) is 206 Å². The van der Waals surface area contributed by atoms with Crippen molar-refractivity contribution in [3.8, 4) is 5.75 Å². The summed E-state index contributed by atoms with van der Waals surface area (Å²) in [7, 11) is 0. The first-order valence-electron chi connectivity index (χ1n) is 20.7. The summed E-state index contributed by atoms with van der Waals surface area (Å²) in [5, 5.41) is 15.4. The van der Waals surface area contributed by atoms with Gasteiger partial charge in [0.05, 0.1) is 6.54 Å². The Balaban J connectivity index is 1.35. The summed E-state index contributed by atoms with van der Waals surface area (Å²) in [6, 6.07) is 19.7. The molecule has 14 heteroatoms. The average molecular weight is 824 g/mol. The zero-order valence-corrected chi connectivity index (χ0v) is 35.6. The molecule has 8 N–H and O–H groups in total. The minimum atomic E-state index is -1.10. The van der Waals surface area contributed by atoms with Gasteiger partial charge in [0.2, 0.25) is 23.6 Å². The first-order valence-corrected chi connectivity index (χ1v) is 20.7. The Bertz CT molecular complexity index is 2080. The second-order valence-corrected chi connectivity index (χ2v) is 17.4. The fraction of sp³-hybridized carbons (Fsp3) is 0.457. The number of ether oxygens (including phenoxy) is 2. The number of unbranched alkanes of at least 4 members (excludes halogenated alkanes) is 1. The van der Waals surface area contributed by atoms with Gasteiger partial charge in [-0.15, -0.1) is 0 Å². The first-order chi connectivity index (χ1) is 28.5. The fourth-order valence-electron chi connectivity index (χ4n) is 7.23. The van der Waals surface area contributed by atoms with Crippen LogP contribution in [-0.4, -0.2) is 83.2 Å². The summed E-state index contributed by atoms with van der Waals surface area (Å²) in [6.07, 6.45) is 3.98. The third-order valence-electron chi connectivity index (χ3n) is 9.97. The van der Waals surface area contributed by atoms with E-state index in [9.17, 15) is 24.0 Å². The Labute approximate surface area is 352 Å². The number of benzene rings is 3. The number of aromatic nitrogens is 1.